The zero-order valence-electron chi connectivity index (χ0n) is 18.9. The van der Waals surface area contributed by atoms with Crippen molar-refractivity contribution in [3.63, 3.8) is 0 Å². The van der Waals surface area contributed by atoms with Crippen LogP contribution in [0.25, 0.3) is 0 Å². The average Bonchev–Trinajstić information content (AvgIpc) is 3.00. The van der Waals surface area contributed by atoms with E-state index in [1.54, 1.807) is 14.2 Å². The first-order chi connectivity index (χ1) is 15.1. The van der Waals surface area contributed by atoms with Gasteiger partial charge in [-0.05, 0) is 55.4 Å². The molecule has 7 heteroatoms. The molecule has 1 aliphatic heterocycles. The smallest absolute Gasteiger partial charge is 0.189 e. The lowest BCUT2D eigenvalue weighted by Crippen LogP contribution is -2.31. The predicted octanol–water partition coefficient (Wildman–Crippen LogP) is 2.45. The Labute approximate surface area is 185 Å². The molecule has 0 radical (unpaired) electrons. The molecule has 168 valence electrons. The summed E-state index contributed by atoms with van der Waals surface area (Å²) in [6, 6.07) is 14.5. The van der Waals surface area contributed by atoms with Gasteiger partial charge in [0.25, 0.3) is 0 Å². The molecular formula is C24H35N5O2. The molecule has 1 aliphatic rings. The van der Waals surface area contributed by atoms with E-state index in [4.69, 9.17) is 15.2 Å². The Morgan fingerprint density at radius 2 is 1.65 bits per heavy atom. The molecule has 0 saturated carbocycles. The number of nitrogens with zero attached hydrogens (tertiary/aromatic N) is 3. The monoisotopic (exact) mass is 425 g/mol. The lowest BCUT2D eigenvalue weighted by atomic mass is 10.1. The summed E-state index contributed by atoms with van der Waals surface area (Å²) in [5, 5.41) is 3.19. The molecule has 1 heterocycles. The summed E-state index contributed by atoms with van der Waals surface area (Å²) in [7, 11) is 5.45. The van der Waals surface area contributed by atoms with E-state index >= 15 is 0 Å². The first-order valence-electron chi connectivity index (χ1n) is 10.8. The van der Waals surface area contributed by atoms with Crippen molar-refractivity contribution >= 4 is 5.96 Å². The molecule has 31 heavy (non-hydrogen) atoms. The molecule has 2 aromatic carbocycles. The van der Waals surface area contributed by atoms with Crippen molar-refractivity contribution in [3.05, 3.63) is 59.2 Å². The van der Waals surface area contributed by atoms with Crippen molar-refractivity contribution in [1.29, 1.82) is 0 Å². The maximum absolute atomic E-state index is 6.05. The molecule has 1 saturated heterocycles. The summed E-state index contributed by atoms with van der Waals surface area (Å²) in [5.41, 5.74) is 9.59. The first kappa shape index (κ1) is 22.9. The molecule has 0 aliphatic carbocycles. The Bertz CT molecular complexity index is 854. The number of aliphatic imine (C=N–C) groups is 1. The minimum Gasteiger partial charge on any atom is -0.493 e. The van der Waals surface area contributed by atoms with Gasteiger partial charge < -0.3 is 25.4 Å². The van der Waals surface area contributed by atoms with E-state index in [1.807, 2.05) is 18.2 Å². The molecule has 2 aromatic rings. The number of hydrogen-bond donors (Lipinski definition) is 2. The van der Waals surface area contributed by atoms with Gasteiger partial charge in [-0.3, -0.25) is 4.90 Å². The molecule has 1 fully saturated rings. The van der Waals surface area contributed by atoms with Crippen LogP contribution in [-0.2, 0) is 19.6 Å². The van der Waals surface area contributed by atoms with Crippen LogP contribution >= 0.6 is 0 Å². The van der Waals surface area contributed by atoms with E-state index in [-0.39, 0.29) is 0 Å². The highest BCUT2D eigenvalue weighted by Gasteiger charge is 2.12. The van der Waals surface area contributed by atoms with E-state index < -0.39 is 0 Å². The van der Waals surface area contributed by atoms with Crippen LogP contribution in [0.2, 0.25) is 0 Å². The minimum atomic E-state index is 0.424. The third kappa shape index (κ3) is 7.15. The largest absolute Gasteiger partial charge is 0.493 e. The molecule has 0 aromatic heterocycles. The fourth-order valence-corrected chi connectivity index (χ4v) is 3.68. The minimum absolute atomic E-state index is 0.424. The Balaban J connectivity index is 1.47. The van der Waals surface area contributed by atoms with Crippen molar-refractivity contribution in [2.45, 2.75) is 26.1 Å². The molecule has 0 amide bonds. The third-order valence-electron chi connectivity index (χ3n) is 5.59. The van der Waals surface area contributed by atoms with Gasteiger partial charge in [0.15, 0.2) is 17.5 Å². The van der Waals surface area contributed by atoms with Crippen molar-refractivity contribution < 1.29 is 9.47 Å². The number of rotatable bonds is 8. The van der Waals surface area contributed by atoms with Crippen molar-refractivity contribution in [3.8, 4) is 11.5 Å². The number of guanidine groups is 1. The molecule has 0 bridgehead atoms. The zero-order valence-corrected chi connectivity index (χ0v) is 18.9. The Morgan fingerprint density at radius 1 is 0.935 bits per heavy atom. The number of nitrogens with one attached hydrogen (secondary N) is 1. The number of nitrogens with two attached hydrogens (primary N) is 1. The van der Waals surface area contributed by atoms with Gasteiger partial charge in [0.1, 0.15) is 0 Å². The standard InChI is InChI=1S/C24H35N5O2/c1-28-11-4-12-29(14-13-28)18-20-7-5-19(6-8-20)16-26-24(25)27-17-21-9-10-22(30-2)23(15-21)31-3/h5-10,15H,4,11-14,16-18H2,1-3H3,(H3,25,26,27). The second-order valence-corrected chi connectivity index (χ2v) is 7.99. The fraction of sp³-hybridized carbons (Fsp3) is 0.458. The van der Waals surface area contributed by atoms with Gasteiger partial charge in [-0.1, -0.05) is 30.3 Å². The zero-order chi connectivity index (χ0) is 22.1. The molecular weight excluding hydrogens is 390 g/mol. The maximum atomic E-state index is 6.05. The number of hydrogen-bond acceptors (Lipinski definition) is 5. The predicted molar refractivity (Wildman–Crippen MR) is 126 cm³/mol. The van der Waals surface area contributed by atoms with Gasteiger partial charge in [0.2, 0.25) is 0 Å². The van der Waals surface area contributed by atoms with Crippen LogP contribution in [0.5, 0.6) is 11.5 Å². The average molecular weight is 426 g/mol. The third-order valence-corrected chi connectivity index (χ3v) is 5.59. The maximum Gasteiger partial charge on any atom is 0.189 e. The Morgan fingerprint density at radius 3 is 2.39 bits per heavy atom. The molecule has 3 N–H and O–H groups in total. The number of benzene rings is 2. The van der Waals surface area contributed by atoms with Crippen LogP contribution in [-0.4, -0.2) is 63.2 Å². The highest BCUT2D eigenvalue weighted by atomic mass is 16.5. The molecule has 0 atom stereocenters. The molecule has 7 nitrogen and oxygen atoms in total. The van der Waals surface area contributed by atoms with Crippen LogP contribution < -0.4 is 20.5 Å². The number of methoxy groups -OCH3 is 2. The van der Waals surface area contributed by atoms with Crippen molar-refractivity contribution in [2.24, 2.45) is 10.7 Å². The quantitative estimate of drug-likeness (QED) is 0.500. The Hall–Kier alpha value is -2.77. The number of ether oxygens (including phenoxy) is 2. The highest BCUT2D eigenvalue weighted by Crippen LogP contribution is 2.27. The molecule has 0 unspecified atom stereocenters. The van der Waals surface area contributed by atoms with E-state index in [0.29, 0.717) is 30.5 Å². The van der Waals surface area contributed by atoms with E-state index in [2.05, 4.69) is 51.4 Å². The SMILES string of the molecule is COc1ccc(CN=C(N)NCc2ccc(CN3CCCN(C)CC3)cc2)cc1OC. The summed E-state index contributed by atoms with van der Waals surface area (Å²) < 4.78 is 10.6. The summed E-state index contributed by atoms with van der Waals surface area (Å²) in [6.45, 7) is 6.77. The van der Waals surface area contributed by atoms with Gasteiger partial charge in [-0.25, -0.2) is 4.99 Å². The molecule has 3 rings (SSSR count). The summed E-state index contributed by atoms with van der Waals surface area (Å²) in [6.07, 6.45) is 1.24. The van der Waals surface area contributed by atoms with Crippen molar-refractivity contribution in [2.75, 3.05) is 47.4 Å². The van der Waals surface area contributed by atoms with Crippen LogP contribution in [0, 0.1) is 0 Å². The first-order valence-corrected chi connectivity index (χ1v) is 10.8. The highest BCUT2D eigenvalue weighted by molar-refractivity contribution is 5.77. The van der Waals surface area contributed by atoms with E-state index in [9.17, 15) is 0 Å². The number of likely N-dealkylation sites (N-methyl/N-ethyl adjacent to an activating group) is 1. The topological polar surface area (TPSA) is 75.4 Å². The van der Waals surface area contributed by atoms with Crippen LogP contribution in [0.3, 0.4) is 0 Å². The van der Waals surface area contributed by atoms with Crippen LogP contribution in [0.15, 0.2) is 47.5 Å². The summed E-state index contributed by atoms with van der Waals surface area (Å²) >= 11 is 0. The van der Waals surface area contributed by atoms with Crippen LogP contribution in [0.4, 0.5) is 0 Å². The van der Waals surface area contributed by atoms with E-state index in [1.165, 1.54) is 30.6 Å². The molecule has 0 spiro atoms. The Kier molecular flexibility index (Phi) is 8.55. The van der Waals surface area contributed by atoms with E-state index in [0.717, 1.165) is 25.2 Å². The lowest BCUT2D eigenvalue weighted by Gasteiger charge is -2.20. The fourth-order valence-electron chi connectivity index (χ4n) is 3.68. The van der Waals surface area contributed by atoms with Gasteiger partial charge in [-0.2, -0.15) is 0 Å². The normalized spacial score (nSPS) is 16.0. The second kappa shape index (κ2) is 11.6. The van der Waals surface area contributed by atoms with Gasteiger partial charge in [-0.15, -0.1) is 0 Å². The van der Waals surface area contributed by atoms with Gasteiger partial charge in [0.05, 0.1) is 20.8 Å². The van der Waals surface area contributed by atoms with Crippen molar-refractivity contribution in [1.82, 2.24) is 15.1 Å². The lowest BCUT2D eigenvalue weighted by molar-refractivity contribution is 0.269. The second-order valence-electron chi connectivity index (χ2n) is 7.99. The van der Waals surface area contributed by atoms with Gasteiger partial charge in [0, 0.05) is 26.2 Å². The summed E-state index contributed by atoms with van der Waals surface area (Å²) in [4.78, 5) is 9.37. The van der Waals surface area contributed by atoms with Crippen LogP contribution in [0.1, 0.15) is 23.1 Å². The van der Waals surface area contributed by atoms with Gasteiger partial charge >= 0.3 is 0 Å². The summed E-state index contributed by atoms with van der Waals surface area (Å²) in [5.74, 6) is 1.81.